The van der Waals surface area contributed by atoms with Crippen LogP contribution >= 0.6 is 22.6 Å². The molecular weight excluding hydrogens is 489 g/mol. The van der Waals surface area contributed by atoms with Gasteiger partial charge in [0.15, 0.2) is 0 Å². The molecule has 30 heavy (non-hydrogen) atoms. The summed E-state index contributed by atoms with van der Waals surface area (Å²) in [5, 5.41) is 2.96. The Labute approximate surface area is 192 Å². The Balaban J connectivity index is 1.56. The normalized spacial score (nSPS) is 20.2. The molecule has 1 atom stereocenters. The Hall–Kier alpha value is -1.83. The summed E-state index contributed by atoms with van der Waals surface area (Å²) in [5.41, 5.74) is 3.34. The van der Waals surface area contributed by atoms with Gasteiger partial charge in [-0.2, -0.15) is 0 Å². The lowest BCUT2D eigenvalue weighted by molar-refractivity contribution is -0.00245. The lowest BCUT2D eigenvalue weighted by Gasteiger charge is -2.43. The second-order valence-electron chi connectivity index (χ2n) is 9.63. The zero-order valence-electron chi connectivity index (χ0n) is 18.2. The molecule has 1 spiro atoms. The number of nitrogens with one attached hydrogen (secondary N) is 1. The van der Waals surface area contributed by atoms with E-state index < -0.39 is 0 Å². The SMILES string of the molecule is Cc1c(I)ccnc1N1CCC2(CC1)Cc1ccccc1[C@H]2OC(=O)NC(C)(C)C. The van der Waals surface area contributed by atoms with Gasteiger partial charge in [0.05, 0.1) is 0 Å². The molecule has 5 nitrogen and oxygen atoms in total. The minimum Gasteiger partial charge on any atom is -0.441 e. The fourth-order valence-corrected chi connectivity index (χ4v) is 5.21. The molecule has 160 valence electrons. The number of carbonyl (C=O) groups is 1. The molecule has 4 rings (SSSR count). The van der Waals surface area contributed by atoms with Crippen LogP contribution < -0.4 is 10.2 Å². The summed E-state index contributed by atoms with van der Waals surface area (Å²) in [6.45, 7) is 9.90. The van der Waals surface area contributed by atoms with Crippen LogP contribution in [0.1, 0.15) is 56.4 Å². The average molecular weight is 519 g/mol. The number of alkyl carbamates (subject to hydrolysis) is 1. The van der Waals surface area contributed by atoms with E-state index in [1.54, 1.807) is 0 Å². The number of pyridine rings is 1. The van der Waals surface area contributed by atoms with Gasteiger partial charge in [-0.05, 0) is 86.7 Å². The number of hydrogen-bond acceptors (Lipinski definition) is 4. The van der Waals surface area contributed by atoms with Crippen molar-refractivity contribution in [2.24, 2.45) is 5.41 Å². The minimum absolute atomic E-state index is 0.0503. The number of nitrogens with zero attached hydrogens (tertiary/aromatic N) is 2. The fourth-order valence-electron chi connectivity index (χ4n) is 4.81. The van der Waals surface area contributed by atoms with Crippen molar-refractivity contribution in [2.45, 2.75) is 58.6 Å². The first-order valence-corrected chi connectivity index (χ1v) is 11.7. The van der Waals surface area contributed by atoms with Crippen molar-refractivity contribution in [3.63, 3.8) is 0 Å². The highest BCUT2D eigenvalue weighted by Gasteiger charge is 2.50. The van der Waals surface area contributed by atoms with Crippen LogP contribution in [0, 0.1) is 15.9 Å². The average Bonchev–Trinajstić information content (AvgIpc) is 2.96. The molecule has 0 radical (unpaired) electrons. The predicted molar refractivity (Wildman–Crippen MR) is 128 cm³/mol. The van der Waals surface area contributed by atoms with Crippen LogP contribution in [-0.4, -0.2) is 29.7 Å². The maximum Gasteiger partial charge on any atom is 0.408 e. The summed E-state index contributed by atoms with van der Waals surface area (Å²) in [6.07, 6.45) is 4.26. The van der Waals surface area contributed by atoms with Gasteiger partial charge in [0.2, 0.25) is 0 Å². The van der Waals surface area contributed by atoms with Crippen molar-refractivity contribution in [3.8, 4) is 0 Å². The highest BCUT2D eigenvalue weighted by Crippen LogP contribution is 2.54. The number of anilines is 1. The molecule has 2 heterocycles. The van der Waals surface area contributed by atoms with Crippen molar-refractivity contribution in [1.29, 1.82) is 0 Å². The standard InChI is InChI=1S/C24H30IN3O2/c1-16-19(25)9-12-26-21(16)28-13-10-24(11-14-28)15-17-7-5-6-8-18(17)20(24)30-22(29)27-23(2,3)4/h5-9,12,20H,10-11,13-15H2,1-4H3,(H,27,29)/t20-/m1/s1. The number of carbonyl (C=O) groups excluding carboxylic acids is 1. The highest BCUT2D eigenvalue weighted by atomic mass is 127. The zero-order chi connectivity index (χ0) is 21.5. The van der Waals surface area contributed by atoms with Gasteiger partial charge in [0.1, 0.15) is 11.9 Å². The van der Waals surface area contributed by atoms with Crippen LogP contribution in [0.2, 0.25) is 0 Å². The molecule has 0 saturated carbocycles. The van der Waals surface area contributed by atoms with E-state index in [4.69, 9.17) is 4.74 Å². The second kappa shape index (κ2) is 8.02. The van der Waals surface area contributed by atoms with Crippen LogP contribution in [0.25, 0.3) is 0 Å². The number of fused-ring (bicyclic) bond motifs is 1. The molecule has 1 saturated heterocycles. The Bertz CT molecular complexity index is 946. The third-order valence-electron chi connectivity index (χ3n) is 6.31. The topological polar surface area (TPSA) is 54.5 Å². The molecule has 1 aromatic carbocycles. The predicted octanol–water partition coefficient (Wildman–Crippen LogP) is 5.40. The third-order valence-corrected chi connectivity index (χ3v) is 7.48. The van der Waals surface area contributed by atoms with Gasteiger partial charge in [-0.15, -0.1) is 0 Å². The smallest absolute Gasteiger partial charge is 0.408 e. The molecular formula is C24H30IN3O2. The van der Waals surface area contributed by atoms with Gasteiger partial charge in [-0.1, -0.05) is 24.3 Å². The Morgan fingerprint density at radius 2 is 1.93 bits per heavy atom. The maximum absolute atomic E-state index is 12.7. The van der Waals surface area contributed by atoms with Gasteiger partial charge in [-0.3, -0.25) is 0 Å². The Kier molecular flexibility index (Phi) is 5.72. The van der Waals surface area contributed by atoms with Gasteiger partial charge in [0.25, 0.3) is 0 Å². The molecule has 1 amide bonds. The summed E-state index contributed by atoms with van der Waals surface area (Å²) >= 11 is 2.37. The van der Waals surface area contributed by atoms with E-state index in [1.165, 1.54) is 20.3 Å². The number of halogens is 1. The molecule has 0 bridgehead atoms. The molecule has 1 aliphatic heterocycles. The number of aromatic nitrogens is 1. The van der Waals surface area contributed by atoms with Crippen LogP contribution in [0.5, 0.6) is 0 Å². The largest absolute Gasteiger partial charge is 0.441 e. The molecule has 1 N–H and O–H groups in total. The summed E-state index contributed by atoms with van der Waals surface area (Å²) in [5.74, 6) is 1.08. The first-order chi connectivity index (χ1) is 14.2. The number of benzene rings is 1. The van der Waals surface area contributed by atoms with Crippen molar-refractivity contribution in [2.75, 3.05) is 18.0 Å². The Morgan fingerprint density at radius 3 is 2.63 bits per heavy atom. The molecule has 2 aliphatic rings. The van der Waals surface area contributed by atoms with Gasteiger partial charge in [-0.25, -0.2) is 9.78 Å². The summed E-state index contributed by atoms with van der Waals surface area (Å²) in [4.78, 5) is 19.7. The maximum atomic E-state index is 12.7. The number of piperidine rings is 1. The van der Waals surface area contributed by atoms with Crippen molar-refractivity contribution < 1.29 is 9.53 Å². The van der Waals surface area contributed by atoms with E-state index in [0.717, 1.165) is 38.2 Å². The lowest BCUT2D eigenvalue weighted by atomic mass is 9.74. The van der Waals surface area contributed by atoms with E-state index >= 15 is 0 Å². The molecule has 6 heteroatoms. The zero-order valence-corrected chi connectivity index (χ0v) is 20.3. The van der Waals surface area contributed by atoms with Gasteiger partial charge < -0.3 is 15.0 Å². The molecule has 1 aliphatic carbocycles. The summed E-state index contributed by atoms with van der Waals surface area (Å²) in [7, 11) is 0. The van der Waals surface area contributed by atoms with E-state index in [1.807, 2.05) is 33.0 Å². The van der Waals surface area contributed by atoms with E-state index in [9.17, 15) is 4.79 Å². The molecule has 1 fully saturated rings. The van der Waals surface area contributed by atoms with Crippen molar-refractivity contribution in [3.05, 3.63) is 56.8 Å². The number of amides is 1. The lowest BCUT2D eigenvalue weighted by Crippen LogP contribution is -2.46. The summed E-state index contributed by atoms with van der Waals surface area (Å²) in [6, 6.07) is 10.5. The third kappa shape index (κ3) is 4.15. The number of rotatable bonds is 2. The fraction of sp³-hybridized carbons (Fsp3) is 0.500. The molecule has 2 aromatic rings. The quantitative estimate of drug-likeness (QED) is 0.540. The minimum atomic E-state index is -0.332. The number of ether oxygens (including phenoxy) is 1. The summed E-state index contributed by atoms with van der Waals surface area (Å²) < 4.78 is 7.35. The van der Waals surface area contributed by atoms with E-state index in [0.29, 0.717) is 0 Å². The number of hydrogen-bond donors (Lipinski definition) is 1. The van der Waals surface area contributed by atoms with E-state index in [-0.39, 0.29) is 23.2 Å². The first-order valence-electron chi connectivity index (χ1n) is 10.6. The second-order valence-corrected chi connectivity index (χ2v) is 10.8. The monoisotopic (exact) mass is 519 g/mol. The van der Waals surface area contributed by atoms with Crippen LogP contribution in [0.15, 0.2) is 36.5 Å². The van der Waals surface area contributed by atoms with Crippen molar-refractivity contribution in [1.82, 2.24) is 10.3 Å². The van der Waals surface area contributed by atoms with Gasteiger partial charge in [0, 0.05) is 39.4 Å². The highest BCUT2D eigenvalue weighted by molar-refractivity contribution is 14.1. The van der Waals surface area contributed by atoms with Crippen LogP contribution in [0.4, 0.5) is 10.6 Å². The Morgan fingerprint density at radius 1 is 1.23 bits per heavy atom. The first kappa shape index (κ1) is 21.4. The van der Waals surface area contributed by atoms with Crippen LogP contribution in [0.3, 0.4) is 0 Å². The van der Waals surface area contributed by atoms with Crippen LogP contribution in [-0.2, 0) is 11.2 Å². The van der Waals surface area contributed by atoms with E-state index in [2.05, 4.69) is 69.0 Å². The molecule has 0 unspecified atom stereocenters. The molecule has 1 aromatic heterocycles. The van der Waals surface area contributed by atoms with Crippen molar-refractivity contribution >= 4 is 34.5 Å². The van der Waals surface area contributed by atoms with Gasteiger partial charge >= 0.3 is 6.09 Å².